The summed E-state index contributed by atoms with van der Waals surface area (Å²) < 4.78 is 28.0. The second-order valence-electron chi connectivity index (χ2n) is 16.4. The number of esters is 1. The van der Waals surface area contributed by atoms with Crippen LogP contribution in [0.5, 0.6) is 0 Å². The summed E-state index contributed by atoms with van der Waals surface area (Å²) in [7, 11) is 1.19. The molecule has 5 amide bonds. The van der Waals surface area contributed by atoms with Gasteiger partial charge in [0.15, 0.2) is 0 Å². The smallest absolute Gasteiger partial charge is 0.328 e. The van der Waals surface area contributed by atoms with E-state index in [1.807, 2.05) is 72.8 Å². The first kappa shape index (κ1) is 57.7. The number of fused-ring (bicyclic) bond motifs is 2. The van der Waals surface area contributed by atoms with Gasteiger partial charge in [-0.3, -0.25) is 28.8 Å². The van der Waals surface area contributed by atoms with E-state index in [4.69, 9.17) is 23.7 Å². The minimum atomic E-state index is -1.22. The SMILES string of the molecule is COC(=O)C(CCCCNC(=O)CCCc1ccc(I)cc1)NC(=O)[C@H](CCC(=O)O)NC(=O)CCOCCOCCOCCOCCNC(=O)CCC(=O)N1Cc2ccccc2C#Cc2ccccc21. The Hall–Kier alpha value is -5.92. The molecule has 19 heteroatoms. The van der Waals surface area contributed by atoms with Crippen molar-refractivity contribution in [2.45, 2.75) is 89.3 Å². The Morgan fingerprint density at radius 2 is 1.24 bits per heavy atom. The van der Waals surface area contributed by atoms with Crippen molar-refractivity contribution in [2.75, 3.05) is 78.0 Å². The zero-order valence-corrected chi connectivity index (χ0v) is 42.5. The first-order chi connectivity index (χ1) is 34.4. The third-order valence-corrected chi connectivity index (χ3v) is 11.7. The van der Waals surface area contributed by atoms with Gasteiger partial charge in [0.2, 0.25) is 29.5 Å². The number of carboxylic acid groups (broad SMARTS) is 1. The third-order valence-electron chi connectivity index (χ3n) is 11.0. The summed E-state index contributed by atoms with van der Waals surface area (Å²) in [4.78, 5) is 89.6. The molecular formula is C52H66IN5O13. The number of benzene rings is 3. The third kappa shape index (κ3) is 23.2. The number of carbonyl (C=O) groups excluding carboxylic acids is 6. The molecule has 0 spiro atoms. The summed E-state index contributed by atoms with van der Waals surface area (Å²) in [6, 6.07) is 21.1. The lowest BCUT2D eigenvalue weighted by Crippen LogP contribution is -2.52. The van der Waals surface area contributed by atoms with Gasteiger partial charge in [-0.25, -0.2) is 4.79 Å². The van der Waals surface area contributed by atoms with Gasteiger partial charge in [0.25, 0.3) is 0 Å². The van der Waals surface area contributed by atoms with Crippen LogP contribution in [0.4, 0.5) is 5.69 Å². The number of unbranched alkanes of at least 4 members (excludes halogenated alkanes) is 1. The molecule has 384 valence electrons. The Bertz CT molecular complexity index is 2250. The number of aliphatic carboxylic acids is 1. The van der Waals surface area contributed by atoms with Gasteiger partial charge in [-0.2, -0.15) is 0 Å². The van der Waals surface area contributed by atoms with Gasteiger partial charge in [0, 0.05) is 59.9 Å². The number of carboxylic acids is 1. The highest BCUT2D eigenvalue weighted by atomic mass is 127. The maximum Gasteiger partial charge on any atom is 0.328 e. The number of methoxy groups -OCH3 is 1. The quantitative estimate of drug-likeness (QED) is 0.0244. The molecule has 4 rings (SSSR count). The fraction of sp³-hybridized carbons (Fsp3) is 0.481. The Morgan fingerprint density at radius 3 is 1.94 bits per heavy atom. The van der Waals surface area contributed by atoms with Crippen molar-refractivity contribution in [3.8, 4) is 11.8 Å². The van der Waals surface area contributed by atoms with E-state index >= 15 is 0 Å². The highest BCUT2D eigenvalue weighted by Crippen LogP contribution is 2.26. The minimum absolute atomic E-state index is 0.0157. The fourth-order valence-corrected chi connectivity index (χ4v) is 7.56. The zero-order chi connectivity index (χ0) is 51.1. The van der Waals surface area contributed by atoms with E-state index in [0.29, 0.717) is 65.2 Å². The van der Waals surface area contributed by atoms with E-state index in [1.165, 1.54) is 12.7 Å². The average Bonchev–Trinajstić information content (AvgIpc) is 3.36. The Balaban J connectivity index is 0.992. The van der Waals surface area contributed by atoms with Gasteiger partial charge in [0.1, 0.15) is 12.1 Å². The summed E-state index contributed by atoms with van der Waals surface area (Å²) in [5.74, 6) is 2.78. The van der Waals surface area contributed by atoms with Gasteiger partial charge in [-0.1, -0.05) is 54.3 Å². The van der Waals surface area contributed by atoms with Gasteiger partial charge in [-0.05, 0) is 103 Å². The van der Waals surface area contributed by atoms with E-state index in [0.717, 1.165) is 32.4 Å². The Labute approximate surface area is 429 Å². The number of amides is 5. The molecule has 0 aromatic heterocycles. The van der Waals surface area contributed by atoms with Crippen LogP contribution in [0.3, 0.4) is 0 Å². The van der Waals surface area contributed by atoms with E-state index < -0.39 is 42.3 Å². The van der Waals surface area contributed by atoms with E-state index in [9.17, 15) is 38.7 Å². The van der Waals surface area contributed by atoms with Crippen molar-refractivity contribution >= 4 is 69.8 Å². The maximum absolute atomic E-state index is 13.4. The summed E-state index contributed by atoms with van der Waals surface area (Å²) in [5.41, 5.74) is 4.46. The summed E-state index contributed by atoms with van der Waals surface area (Å²) in [5, 5.41) is 20.0. The number of ether oxygens (including phenoxy) is 5. The summed E-state index contributed by atoms with van der Waals surface area (Å²) in [6.07, 6.45) is 2.50. The molecule has 5 N–H and O–H groups in total. The van der Waals surface area contributed by atoms with E-state index in [-0.39, 0.29) is 82.8 Å². The number of hydrogen-bond donors (Lipinski definition) is 5. The highest BCUT2D eigenvalue weighted by Gasteiger charge is 2.28. The Kier molecular flexibility index (Phi) is 27.3. The Morgan fingerprint density at radius 1 is 0.620 bits per heavy atom. The monoisotopic (exact) mass is 1100 g/mol. The van der Waals surface area contributed by atoms with Crippen molar-refractivity contribution in [3.63, 3.8) is 0 Å². The molecule has 1 unspecified atom stereocenters. The van der Waals surface area contributed by atoms with Gasteiger partial charge >= 0.3 is 11.9 Å². The molecule has 18 nitrogen and oxygen atoms in total. The molecule has 3 aromatic carbocycles. The van der Waals surface area contributed by atoms with Crippen LogP contribution in [0, 0.1) is 15.4 Å². The minimum Gasteiger partial charge on any atom is -0.481 e. The van der Waals surface area contributed by atoms with E-state index in [1.54, 1.807) is 4.90 Å². The van der Waals surface area contributed by atoms with Gasteiger partial charge in [-0.15, -0.1) is 0 Å². The van der Waals surface area contributed by atoms with Crippen molar-refractivity contribution in [1.82, 2.24) is 21.3 Å². The molecular weight excluding hydrogens is 1030 g/mol. The van der Waals surface area contributed by atoms with Crippen LogP contribution in [-0.4, -0.2) is 132 Å². The van der Waals surface area contributed by atoms with Crippen molar-refractivity contribution < 1.29 is 62.4 Å². The lowest BCUT2D eigenvalue weighted by atomic mass is 10.0. The van der Waals surface area contributed by atoms with Gasteiger partial charge in [0.05, 0.1) is 72.2 Å². The number of para-hydroxylation sites is 1. The number of anilines is 1. The number of hydrogen-bond acceptors (Lipinski definition) is 12. The second-order valence-corrected chi connectivity index (χ2v) is 17.7. The van der Waals surface area contributed by atoms with E-state index in [2.05, 4.69) is 55.7 Å². The standard InChI is InChI=1S/C52H66IN5O13/c1-67-52(66)44(13-6-7-27-54-46(59)15-8-9-38-16-20-42(53)21-17-38)57-51(65)43(22-25-50(63)64)56-48(61)26-29-68-31-33-70-35-36-71-34-32-69-30-28-55-47(60)23-24-49(62)58-37-41-12-3-2-10-39(41)18-19-40-11-4-5-14-45(40)58/h2-5,10-12,14,16-17,20-21,43-44H,6-9,13,15,22-37H2,1H3,(H,54,59)(H,55,60)(H,56,61)(H,57,65)(H,63,64)/t43-,44?/m0/s1. The first-order valence-electron chi connectivity index (χ1n) is 23.9. The molecule has 0 bridgehead atoms. The molecule has 3 aromatic rings. The highest BCUT2D eigenvalue weighted by molar-refractivity contribution is 14.1. The number of nitrogens with zero attached hydrogens (tertiary/aromatic N) is 1. The molecule has 1 aliphatic rings. The molecule has 1 aliphatic heterocycles. The molecule has 1 heterocycles. The van der Waals surface area contributed by atoms with Crippen LogP contribution in [0.2, 0.25) is 0 Å². The van der Waals surface area contributed by atoms with Crippen molar-refractivity contribution in [3.05, 3.63) is 98.6 Å². The van der Waals surface area contributed by atoms with Crippen molar-refractivity contribution in [1.29, 1.82) is 0 Å². The molecule has 71 heavy (non-hydrogen) atoms. The number of aryl methyl sites for hydroxylation is 1. The lowest BCUT2D eigenvalue weighted by Gasteiger charge is -2.26. The summed E-state index contributed by atoms with van der Waals surface area (Å²) in [6.45, 7) is 2.97. The predicted molar refractivity (Wildman–Crippen MR) is 272 cm³/mol. The first-order valence-corrected chi connectivity index (χ1v) is 25.0. The molecule has 0 saturated heterocycles. The van der Waals surface area contributed by atoms with Crippen molar-refractivity contribution in [2.24, 2.45) is 0 Å². The largest absolute Gasteiger partial charge is 0.481 e. The number of halogens is 1. The van der Waals surface area contributed by atoms with Crippen LogP contribution in [0.15, 0.2) is 72.8 Å². The zero-order valence-electron chi connectivity index (χ0n) is 40.3. The van der Waals surface area contributed by atoms with Crippen LogP contribution in [0.25, 0.3) is 0 Å². The normalized spacial score (nSPS) is 12.3. The average molecular weight is 1100 g/mol. The molecule has 2 atom stereocenters. The predicted octanol–water partition coefficient (Wildman–Crippen LogP) is 4.21. The van der Waals surface area contributed by atoms with Crippen LogP contribution in [-0.2, 0) is 70.2 Å². The van der Waals surface area contributed by atoms with Crippen LogP contribution < -0.4 is 26.2 Å². The molecule has 0 saturated carbocycles. The number of nitrogens with one attached hydrogen (secondary N) is 4. The fourth-order valence-electron chi connectivity index (χ4n) is 7.20. The van der Waals surface area contributed by atoms with Gasteiger partial charge < -0.3 is 55.0 Å². The topological polar surface area (TPSA) is 237 Å². The maximum atomic E-state index is 13.4. The van der Waals surface area contributed by atoms with Crippen LogP contribution >= 0.6 is 22.6 Å². The second kappa shape index (κ2) is 33.6. The molecule has 0 aliphatic carbocycles. The number of rotatable bonds is 34. The number of carbonyl (C=O) groups is 7. The lowest BCUT2D eigenvalue weighted by molar-refractivity contribution is -0.146. The molecule has 0 radical (unpaired) electrons. The molecule has 0 fully saturated rings. The van der Waals surface area contributed by atoms with Crippen LogP contribution in [0.1, 0.15) is 86.5 Å². The summed E-state index contributed by atoms with van der Waals surface area (Å²) >= 11 is 2.25.